The normalized spacial score (nSPS) is 11.7. The minimum absolute atomic E-state index is 0.200. The number of thiophene rings is 1. The Hall–Kier alpha value is -2.93. The molecule has 0 aliphatic carbocycles. The number of esters is 1. The van der Waals surface area contributed by atoms with Crippen molar-refractivity contribution >= 4 is 23.2 Å². The molecule has 6 nitrogen and oxygen atoms in total. The van der Waals surface area contributed by atoms with Crippen LogP contribution in [0.1, 0.15) is 27.2 Å². The van der Waals surface area contributed by atoms with Crippen molar-refractivity contribution < 1.29 is 18.7 Å². The maximum atomic E-state index is 12.5. The van der Waals surface area contributed by atoms with E-state index in [1.165, 1.54) is 17.6 Å². The summed E-state index contributed by atoms with van der Waals surface area (Å²) in [5, 5.41) is 4.45. The molecule has 0 aromatic carbocycles. The molecule has 3 heterocycles. The minimum Gasteiger partial charge on any atom is -0.467 e. The Kier molecular flexibility index (Phi) is 5.02. The largest absolute Gasteiger partial charge is 0.467 e. The van der Waals surface area contributed by atoms with Gasteiger partial charge in [0.25, 0.3) is 5.91 Å². The van der Waals surface area contributed by atoms with Gasteiger partial charge in [-0.25, -0.2) is 4.79 Å². The Morgan fingerprint density at radius 3 is 2.79 bits per heavy atom. The maximum Gasteiger partial charge on any atom is 0.349 e. The van der Waals surface area contributed by atoms with Gasteiger partial charge in [0.05, 0.1) is 18.5 Å². The Morgan fingerprint density at radius 2 is 2.12 bits per heavy atom. The van der Waals surface area contributed by atoms with E-state index in [2.05, 4.69) is 10.3 Å². The summed E-state index contributed by atoms with van der Waals surface area (Å²) in [6.07, 6.45) is 1.94. The number of nitrogens with one attached hydrogen (secondary N) is 1. The van der Waals surface area contributed by atoms with E-state index in [1.807, 2.05) is 0 Å². The lowest BCUT2D eigenvalue weighted by molar-refractivity contribution is -0.130. The number of hydrogen-bond donors (Lipinski definition) is 1. The molecule has 7 heteroatoms. The molecule has 0 radical (unpaired) electrons. The fraction of sp³-hybridized carbons (Fsp3) is 0.118. The molecule has 1 N–H and O–H groups in total. The number of carbonyl (C=O) groups excluding carboxylic acids is 2. The molecule has 3 aromatic rings. The average molecular weight is 342 g/mol. The van der Waals surface area contributed by atoms with Crippen molar-refractivity contribution in [2.24, 2.45) is 0 Å². The summed E-state index contributed by atoms with van der Waals surface area (Å²) in [7, 11) is 0. The van der Waals surface area contributed by atoms with Crippen LogP contribution in [0.25, 0.3) is 0 Å². The van der Waals surface area contributed by atoms with Crippen LogP contribution in [0.4, 0.5) is 0 Å². The third-order valence-electron chi connectivity index (χ3n) is 3.16. The second-order valence-electron chi connectivity index (χ2n) is 4.81. The number of nitrogens with zero attached hydrogens (tertiary/aromatic N) is 1. The first-order chi connectivity index (χ1) is 11.7. The summed E-state index contributed by atoms with van der Waals surface area (Å²) in [6, 6.07) is 12.0. The summed E-state index contributed by atoms with van der Waals surface area (Å²) in [5.41, 5.74) is 0.361. The van der Waals surface area contributed by atoms with Crippen LogP contribution in [0.5, 0.6) is 0 Å². The summed E-state index contributed by atoms with van der Waals surface area (Å²) in [5.74, 6) is -0.420. The number of rotatable bonds is 6. The zero-order valence-electron chi connectivity index (χ0n) is 12.5. The maximum absolute atomic E-state index is 12.5. The molecule has 0 unspecified atom stereocenters. The van der Waals surface area contributed by atoms with Gasteiger partial charge in [0.1, 0.15) is 10.6 Å². The van der Waals surface area contributed by atoms with Crippen LogP contribution >= 0.6 is 11.3 Å². The van der Waals surface area contributed by atoms with Gasteiger partial charge in [-0.2, -0.15) is 0 Å². The number of pyridine rings is 1. The SMILES string of the molecule is O=C(O[C@@H](C(=O)NCc1ccco1)c1ccccn1)c1cccs1. The molecule has 0 saturated carbocycles. The van der Waals surface area contributed by atoms with E-state index in [0.29, 0.717) is 16.3 Å². The van der Waals surface area contributed by atoms with Gasteiger partial charge < -0.3 is 14.5 Å². The quantitative estimate of drug-likeness (QED) is 0.697. The molecule has 0 saturated heterocycles. The Bertz CT molecular complexity index is 785. The van der Waals surface area contributed by atoms with Crippen LogP contribution in [0, 0.1) is 0 Å². The van der Waals surface area contributed by atoms with E-state index in [0.717, 1.165) is 0 Å². The smallest absolute Gasteiger partial charge is 0.349 e. The Balaban J connectivity index is 1.74. The third-order valence-corrected chi connectivity index (χ3v) is 4.01. The van der Waals surface area contributed by atoms with E-state index in [4.69, 9.17) is 9.15 Å². The highest BCUT2D eigenvalue weighted by molar-refractivity contribution is 7.11. The number of hydrogen-bond acceptors (Lipinski definition) is 6. The van der Waals surface area contributed by atoms with E-state index in [9.17, 15) is 9.59 Å². The third kappa shape index (κ3) is 3.88. The molecule has 122 valence electrons. The van der Waals surface area contributed by atoms with Crippen LogP contribution in [0.3, 0.4) is 0 Å². The summed E-state index contributed by atoms with van der Waals surface area (Å²) in [6.45, 7) is 0.200. The fourth-order valence-corrected chi connectivity index (χ4v) is 2.62. The van der Waals surface area contributed by atoms with Crippen molar-refractivity contribution in [3.05, 3.63) is 76.6 Å². The van der Waals surface area contributed by atoms with Gasteiger partial charge in [0.15, 0.2) is 0 Å². The molecule has 0 spiro atoms. The molecule has 1 amide bonds. The van der Waals surface area contributed by atoms with E-state index >= 15 is 0 Å². The first kappa shape index (κ1) is 15.9. The zero-order chi connectivity index (χ0) is 16.8. The molecule has 3 aromatic heterocycles. The van der Waals surface area contributed by atoms with E-state index < -0.39 is 18.0 Å². The van der Waals surface area contributed by atoms with Gasteiger partial charge in [-0.3, -0.25) is 9.78 Å². The van der Waals surface area contributed by atoms with Crippen molar-refractivity contribution in [2.45, 2.75) is 12.6 Å². The van der Waals surface area contributed by atoms with Crippen LogP contribution in [0.2, 0.25) is 0 Å². The zero-order valence-corrected chi connectivity index (χ0v) is 13.4. The second kappa shape index (κ2) is 7.56. The van der Waals surface area contributed by atoms with Gasteiger partial charge in [0.2, 0.25) is 6.10 Å². The van der Waals surface area contributed by atoms with Crippen molar-refractivity contribution in [2.75, 3.05) is 0 Å². The van der Waals surface area contributed by atoms with Crippen LogP contribution in [-0.4, -0.2) is 16.9 Å². The number of amides is 1. The minimum atomic E-state index is -1.13. The Labute approximate surface area is 142 Å². The van der Waals surface area contributed by atoms with Gasteiger partial charge in [-0.15, -0.1) is 11.3 Å². The lowest BCUT2D eigenvalue weighted by Crippen LogP contribution is -2.32. The van der Waals surface area contributed by atoms with Crippen molar-refractivity contribution in [3.63, 3.8) is 0 Å². The van der Waals surface area contributed by atoms with Gasteiger partial charge >= 0.3 is 5.97 Å². The van der Waals surface area contributed by atoms with Gasteiger partial charge in [-0.1, -0.05) is 12.1 Å². The lowest BCUT2D eigenvalue weighted by atomic mass is 10.2. The van der Waals surface area contributed by atoms with Crippen LogP contribution < -0.4 is 5.32 Å². The van der Waals surface area contributed by atoms with Crippen molar-refractivity contribution in [1.82, 2.24) is 10.3 Å². The second-order valence-corrected chi connectivity index (χ2v) is 5.76. The number of ether oxygens (including phenoxy) is 1. The summed E-state index contributed by atoms with van der Waals surface area (Å²) in [4.78, 5) is 29.2. The highest BCUT2D eigenvalue weighted by Crippen LogP contribution is 2.20. The van der Waals surface area contributed by atoms with Crippen LogP contribution in [-0.2, 0) is 16.1 Å². The monoisotopic (exact) mass is 342 g/mol. The molecular weight excluding hydrogens is 328 g/mol. The number of furan rings is 1. The number of aromatic nitrogens is 1. The lowest BCUT2D eigenvalue weighted by Gasteiger charge is -2.16. The first-order valence-corrected chi connectivity index (χ1v) is 8.07. The van der Waals surface area contributed by atoms with E-state index in [1.54, 1.807) is 54.0 Å². The standard InChI is InChI=1S/C17H14N2O4S/c20-16(19-11-12-5-3-9-22-12)15(13-6-1-2-8-18-13)23-17(21)14-7-4-10-24-14/h1-10,15H,11H2,(H,19,20)/t15-/m1/s1. The predicted molar refractivity (Wildman–Crippen MR) is 87.3 cm³/mol. The molecule has 0 fully saturated rings. The Morgan fingerprint density at radius 1 is 1.21 bits per heavy atom. The molecular formula is C17H14N2O4S. The molecule has 0 aliphatic rings. The average Bonchev–Trinajstić information content (AvgIpc) is 3.31. The van der Waals surface area contributed by atoms with Gasteiger partial charge in [0, 0.05) is 6.20 Å². The molecule has 24 heavy (non-hydrogen) atoms. The highest BCUT2D eigenvalue weighted by Gasteiger charge is 2.27. The predicted octanol–water partition coefficient (Wildman–Crippen LogP) is 2.95. The van der Waals surface area contributed by atoms with E-state index in [-0.39, 0.29) is 6.54 Å². The summed E-state index contributed by atoms with van der Waals surface area (Å²) < 4.78 is 10.6. The van der Waals surface area contributed by atoms with Crippen molar-refractivity contribution in [1.29, 1.82) is 0 Å². The molecule has 0 aliphatic heterocycles. The number of carbonyl (C=O) groups is 2. The molecule has 3 rings (SSSR count). The highest BCUT2D eigenvalue weighted by atomic mass is 32.1. The topological polar surface area (TPSA) is 81.4 Å². The fourth-order valence-electron chi connectivity index (χ4n) is 2.02. The first-order valence-electron chi connectivity index (χ1n) is 7.19. The van der Waals surface area contributed by atoms with Crippen LogP contribution in [0.15, 0.2) is 64.7 Å². The summed E-state index contributed by atoms with van der Waals surface area (Å²) >= 11 is 1.25. The molecule has 0 bridgehead atoms. The molecule has 1 atom stereocenters. The van der Waals surface area contributed by atoms with Crippen molar-refractivity contribution in [3.8, 4) is 0 Å². The van der Waals surface area contributed by atoms with Gasteiger partial charge in [-0.05, 0) is 35.7 Å².